The number of hydrogen-bond acceptors (Lipinski definition) is 5. The predicted molar refractivity (Wildman–Crippen MR) is 113 cm³/mol. The molecule has 29 heavy (non-hydrogen) atoms. The molecule has 0 bridgehead atoms. The quantitative estimate of drug-likeness (QED) is 0.667. The first-order valence-corrected chi connectivity index (χ1v) is 10.2. The van der Waals surface area contributed by atoms with Crippen molar-refractivity contribution in [3.8, 4) is 11.4 Å². The van der Waals surface area contributed by atoms with Gasteiger partial charge < -0.3 is 14.7 Å². The van der Waals surface area contributed by atoms with E-state index < -0.39 is 5.91 Å². The largest absolute Gasteiger partial charge is 0.372 e. The summed E-state index contributed by atoms with van der Waals surface area (Å²) >= 11 is 5.87. The Bertz CT molecular complexity index is 961. The SMILES string of the molecule is CC1CCN(c2ccc(-c3noc(C(=O)NCc4ccc(Cl)cc4)n3)cc2)CC1. The van der Waals surface area contributed by atoms with Crippen molar-refractivity contribution in [3.05, 3.63) is 65.0 Å². The average Bonchev–Trinajstić information content (AvgIpc) is 3.24. The number of amides is 1. The summed E-state index contributed by atoms with van der Waals surface area (Å²) in [4.78, 5) is 18.9. The van der Waals surface area contributed by atoms with Crippen molar-refractivity contribution in [2.45, 2.75) is 26.3 Å². The van der Waals surface area contributed by atoms with Gasteiger partial charge in [0.15, 0.2) is 0 Å². The maximum atomic E-state index is 12.3. The molecule has 4 rings (SSSR count). The van der Waals surface area contributed by atoms with E-state index in [0.717, 1.165) is 30.1 Å². The van der Waals surface area contributed by atoms with Gasteiger partial charge in [-0.15, -0.1) is 0 Å². The van der Waals surface area contributed by atoms with Crippen molar-refractivity contribution in [1.29, 1.82) is 0 Å². The lowest BCUT2D eigenvalue weighted by Crippen LogP contribution is -2.32. The van der Waals surface area contributed by atoms with E-state index in [-0.39, 0.29) is 5.89 Å². The molecular weight excluding hydrogens is 388 g/mol. The fourth-order valence-corrected chi connectivity index (χ4v) is 3.51. The number of rotatable bonds is 5. The number of anilines is 1. The molecule has 1 aliphatic heterocycles. The van der Waals surface area contributed by atoms with E-state index >= 15 is 0 Å². The lowest BCUT2D eigenvalue weighted by Gasteiger charge is -2.32. The topological polar surface area (TPSA) is 71.3 Å². The summed E-state index contributed by atoms with van der Waals surface area (Å²) in [5.41, 5.74) is 2.95. The summed E-state index contributed by atoms with van der Waals surface area (Å²) < 4.78 is 5.14. The van der Waals surface area contributed by atoms with Crippen molar-refractivity contribution in [1.82, 2.24) is 15.5 Å². The lowest BCUT2D eigenvalue weighted by atomic mass is 9.98. The van der Waals surface area contributed by atoms with Gasteiger partial charge in [-0.05, 0) is 60.7 Å². The zero-order valence-electron chi connectivity index (χ0n) is 16.3. The second-order valence-corrected chi connectivity index (χ2v) is 7.89. The molecule has 0 radical (unpaired) electrons. The van der Waals surface area contributed by atoms with Crippen LogP contribution in [0.1, 0.15) is 36.0 Å². The second kappa shape index (κ2) is 8.66. The number of benzene rings is 2. The fourth-order valence-electron chi connectivity index (χ4n) is 3.38. The molecule has 0 spiro atoms. The molecule has 2 aromatic carbocycles. The Balaban J connectivity index is 1.38. The number of nitrogens with zero attached hydrogens (tertiary/aromatic N) is 3. The third-order valence-corrected chi connectivity index (χ3v) is 5.51. The minimum atomic E-state index is -0.405. The fraction of sp³-hybridized carbons (Fsp3) is 0.318. The number of carbonyl (C=O) groups excluding carboxylic acids is 1. The van der Waals surface area contributed by atoms with E-state index in [1.54, 1.807) is 12.1 Å². The first-order valence-electron chi connectivity index (χ1n) is 9.80. The number of halogens is 1. The van der Waals surface area contributed by atoms with Gasteiger partial charge in [-0.2, -0.15) is 4.98 Å². The number of nitrogens with one attached hydrogen (secondary N) is 1. The van der Waals surface area contributed by atoms with Crippen molar-refractivity contribution >= 4 is 23.2 Å². The van der Waals surface area contributed by atoms with Gasteiger partial charge in [0.2, 0.25) is 5.82 Å². The predicted octanol–water partition coefficient (Wildman–Crippen LogP) is 4.56. The number of hydrogen-bond donors (Lipinski definition) is 1. The summed E-state index contributed by atoms with van der Waals surface area (Å²) in [6.45, 7) is 4.83. The van der Waals surface area contributed by atoms with Gasteiger partial charge in [-0.3, -0.25) is 4.79 Å². The average molecular weight is 411 g/mol. The molecule has 7 heteroatoms. The van der Waals surface area contributed by atoms with Gasteiger partial charge >= 0.3 is 11.8 Å². The third kappa shape index (κ3) is 4.77. The van der Waals surface area contributed by atoms with Crippen molar-refractivity contribution in [2.75, 3.05) is 18.0 Å². The van der Waals surface area contributed by atoms with E-state index in [4.69, 9.17) is 16.1 Å². The zero-order valence-corrected chi connectivity index (χ0v) is 17.0. The van der Waals surface area contributed by atoms with E-state index in [9.17, 15) is 4.79 Å². The molecule has 0 saturated carbocycles. The zero-order chi connectivity index (χ0) is 20.2. The smallest absolute Gasteiger partial charge is 0.316 e. The molecule has 1 aromatic heterocycles. The minimum absolute atomic E-state index is 0.0527. The Labute approximate surface area is 174 Å². The molecule has 0 unspecified atom stereocenters. The Morgan fingerprint density at radius 1 is 1.14 bits per heavy atom. The molecule has 1 N–H and O–H groups in total. The van der Waals surface area contributed by atoms with Gasteiger partial charge in [0.1, 0.15) is 0 Å². The van der Waals surface area contributed by atoms with Crippen LogP contribution in [0.25, 0.3) is 11.4 Å². The van der Waals surface area contributed by atoms with Crippen molar-refractivity contribution in [3.63, 3.8) is 0 Å². The molecule has 1 aliphatic rings. The Morgan fingerprint density at radius 3 is 2.52 bits per heavy atom. The third-order valence-electron chi connectivity index (χ3n) is 5.26. The molecule has 150 valence electrons. The standard InChI is InChI=1S/C22H23ClN4O2/c1-15-10-12-27(13-11-15)19-8-4-17(5-9-19)20-25-22(29-26-20)21(28)24-14-16-2-6-18(23)7-3-16/h2-9,15H,10-14H2,1H3,(H,24,28). The van der Waals surface area contributed by atoms with Crippen molar-refractivity contribution in [2.24, 2.45) is 5.92 Å². The highest BCUT2D eigenvalue weighted by Gasteiger charge is 2.18. The van der Waals surface area contributed by atoms with Crippen LogP contribution in [0.4, 0.5) is 5.69 Å². The van der Waals surface area contributed by atoms with E-state index in [0.29, 0.717) is 17.4 Å². The van der Waals surface area contributed by atoms with Crippen LogP contribution in [-0.4, -0.2) is 29.1 Å². The Kier molecular flexibility index (Phi) is 5.81. The summed E-state index contributed by atoms with van der Waals surface area (Å²) in [6.07, 6.45) is 2.45. The van der Waals surface area contributed by atoms with Gasteiger partial charge in [0.25, 0.3) is 0 Å². The molecule has 1 saturated heterocycles. The highest BCUT2D eigenvalue weighted by atomic mass is 35.5. The molecule has 2 heterocycles. The molecule has 1 fully saturated rings. The normalized spacial score (nSPS) is 14.8. The summed E-state index contributed by atoms with van der Waals surface area (Å²) in [5, 5.41) is 7.37. The maximum Gasteiger partial charge on any atom is 0.316 e. The first-order chi connectivity index (χ1) is 14.1. The van der Waals surface area contributed by atoms with E-state index in [2.05, 4.69) is 39.4 Å². The van der Waals surface area contributed by atoms with Gasteiger partial charge in [-0.1, -0.05) is 35.8 Å². The number of carbonyl (C=O) groups is 1. The number of aromatic nitrogens is 2. The lowest BCUT2D eigenvalue weighted by molar-refractivity contribution is 0.0907. The van der Waals surface area contributed by atoms with Crippen LogP contribution in [-0.2, 0) is 6.54 Å². The van der Waals surface area contributed by atoms with Crippen molar-refractivity contribution < 1.29 is 9.32 Å². The van der Waals surface area contributed by atoms with Crippen LogP contribution < -0.4 is 10.2 Å². The minimum Gasteiger partial charge on any atom is -0.372 e. The van der Waals surface area contributed by atoms with Crippen LogP contribution in [0.5, 0.6) is 0 Å². The summed E-state index contributed by atoms with van der Waals surface area (Å²) in [6, 6.07) is 15.3. The monoisotopic (exact) mass is 410 g/mol. The molecule has 3 aromatic rings. The van der Waals surface area contributed by atoms with Crippen LogP contribution in [0.15, 0.2) is 53.1 Å². The maximum absolute atomic E-state index is 12.3. The van der Waals surface area contributed by atoms with E-state index in [1.165, 1.54) is 18.5 Å². The molecule has 0 aliphatic carbocycles. The van der Waals surface area contributed by atoms with Crippen LogP contribution in [0.3, 0.4) is 0 Å². The van der Waals surface area contributed by atoms with Gasteiger partial charge in [-0.25, -0.2) is 0 Å². The highest BCUT2D eigenvalue weighted by molar-refractivity contribution is 6.30. The van der Waals surface area contributed by atoms with Crippen LogP contribution in [0.2, 0.25) is 5.02 Å². The molecule has 6 nitrogen and oxygen atoms in total. The summed E-state index contributed by atoms with van der Waals surface area (Å²) in [5.74, 6) is 0.746. The summed E-state index contributed by atoms with van der Waals surface area (Å²) in [7, 11) is 0. The Hall–Kier alpha value is -2.86. The number of piperidine rings is 1. The van der Waals surface area contributed by atoms with Gasteiger partial charge in [0.05, 0.1) is 0 Å². The Morgan fingerprint density at radius 2 is 1.83 bits per heavy atom. The molecule has 0 atom stereocenters. The molecule has 1 amide bonds. The van der Waals surface area contributed by atoms with Crippen LogP contribution in [0, 0.1) is 5.92 Å². The van der Waals surface area contributed by atoms with Crippen LogP contribution >= 0.6 is 11.6 Å². The second-order valence-electron chi connectivity index (χ2n) is 7.45. The van der Waals surface area contributed by atoms with E-state index in [1.807, 2.05) is 24.3 Å². The first kappa shape index (κ1) is 19.5. The highest BCUT2D eigenvalue weighted by Crippen LogP contribution is 2.25. The molecular formula is C22H23ClN4O2. The van der Waals surface area contributed by atoms with Gasteiger partial charge in [0, 0.05) is 35.9 Å².